The molecular weight excluding hydrogens is 323 g/mol. The van der Waals surface area contributed by atoms with Gasteiger partial charge in [-0.25, -0.2) is 4.98 Å². The Bertz CT molecular complexity index is 780. The van der Waals surface area contributed by atoms with Crippen molar-refractivity contribution < 1.29 is 22.1 Å². The number of benzene rings is 1. The van der Waals surface area contributed by atoms with E-state index in [9.17, 15) is 13.2 Å². The van der Waals surface area contributed by atoms with Gasteiger partial charge in [0.15, 0.2) is 0 Å². The van der Waals surface area contributed by atoms with Crippen LogP contribution in [-0.4, -0.2) is 15.1 Å². The number of hydrogen-bond donors (Lipinski definition) is 0. The van der Waals surface area contributed by atoms with Crippen LogP contribution in [0.5, 0.6) is 0 Å². The Balaban J connectivity index is 1.86. The second-order valence-corrected chi connectivity index (χ2v) is 4.54. The van der Waals surface area contributed by atoms with Crippen LogP contribution < -0.4 is 0 Å². The Hall–Kier alpha value is -2.35. The van der Waals surface area contributed by atoms with E-state index in [0.29, 0.717) is 22.7 Å². The fraction of sp³-hybridized carbons (Fsp3) is 0.154. The normalized spacial score (nSPS) is 11.8. The first kappa shape index (κ1) is 14.6. The minimum absolute atomic E-state index is 0.146. The third-order valence-corrected chi connectivity index (χ3v) is 3.02. The van der Waals surface area contributed by atoms with Crippen molar-refractivity contribution in [3.8, 4) is 22.8 Å². The van der Waals surface area contributed by atoms with Gasteiger partial charge in [-0.15, -0.1) is 11.6 Å². The van der Waals surface area contributed by atoms with Crippen molar-refractivity contribution in [3.63, 3.8) is 0 Å². The molecule has 5 nitrogen and oxygen atoms in total. The molecule has 9 heteroatoms. The van der Waals surface area contributed by atoms with Gasteiger partial charge >= 0.3 is 12.1 Å². The van der Waals surface area contributed by atoms with Crippen molar-refractivity contribution in [1.82, 2.24) is 15.1 Å². The zero-order valence-corrected chi connectivity index (χ0v) is 11.5. The van der Waals surface area contributed by atoms with Crippen molar-refractivity contribution in [2.24, 2.45) is 0 Å². The highest BCUT2D eigenvalue weighted by atomic mass is 35.5. The van der Waals surface area contributed by atoms with E-state index in [-0.39, 0.29) is 11.7 Å². The van der Waals surface area contributed by atoms with Crippen molar-refractivity contribution in [1.29, 1.82) is 0 Å². The van der Waals surface area contributed by atoms with Crippen molar-refractivity contribution >= 4 is 11.6 Å². The lowest BCUT2D eigenvalue weighted by Gasteiger charge is -1.98. The predicted molar refractivity (Wildman–Crippen MR) is 69.8 cm³/mol. The average Bonchev–Trinajstić information content (AvgIpc) is 3.16. The molecule has 2 aromatic heterocycles. The molecule has 0 spiro atoms. The molecule has 0 atom stereocenters. The number of aromatic nitrogens is 3. The van der Waals surface area contributed by atoms with Gasteiger partial charge in [0.25, 0.3) is 0 Å². The van der Waals surface area contributed by atoms with E-state index in [4.69, 9.17) is 16.0 Å². The Kier molecular flexibility index (Phi) is 3.61. The van der Waals surface area contributed by atoms with Gasteiger partial charge in [-0.3, -0.25) is 0 Å². The zero-order chi connectivity index (χ0) is 15.7. The standard InChI is InChI=1S/C13H7ClF3N3O2/c14-5-9-6-21-11(18-9)8-3-1-7(2-4-8)10-19-12(22-20-10)13(15,16)17/h1-4,6H,5H2. The molecule has 0 aliphatic rings. The van der Waals surface area contributed by atoms with Gasteiger partial charge in [0.2, 0.25) is 11.7 Å². The monoisotopic (exact) mass is 329 g/mol. The van der Waals surface area contributed by atoms with E-state index >= 15 is 0 Å². The molecule has 2 heterocycles. The molecule has 0 aliphatic carbocycles. The van der Waals surface area contributed by atoms with Gasteiger partial charge in [-0.2, -0.15) is 18.2 Å². The smallest absolute Gasteiger partial charge is 0.444 e. The summed E-state index contributed by atoms with van der Waals surface area (Å²) in [6.45, 7) is 0. The molecule has 0 saturated heterocycles. The third kappa shape index (κ3) is 2.82. The number of nitrogens with zero attached hydrogens (tertiary/aromatic N) is 3. The maximum atomic E-state index is 12.4. The van der Waals surface area contributed by atoms with E-state index in [1.54, 1.807) is 24.3 Å². The van der Waals surface area contributed by atoms with Gasteiger partial charge in [0.05, 0.1) is 11.6 Å². The van der Waals surface area contributed by atoms with Gasteiger partial charge in [0.1, 0.15) is 6.26 Å². The number of hydrogen-bond acceptors (Lipinski definition) is 5. The molecule has 0 amide bonds. The van der Waals surface area contributed by atoms with Crippen LogP contribution in [0.15, 0.2) is 39.5 Å². The number of alkyl halides is 4. The number of rotatable bonds is 3. The molecule has 1 aromatic carbocycles. The van der Waals surface area contributed by atoms with Crippen LogP contribution in [0.3, 0.4) is 0 Å². The Morgan fingerprint density at radius 2 is 1.73 bits per heavy atom. The number of oxazole rings is 1. The Morgan fingerprint density at radius 1 is 1.05 bits per heavy atom. The van der Waals surface area contributed by atoms with Crippen LogP contribution in [-0.2, 0) is 12.1 Å². The topological polar surface area (TPSA) is 65.0 Å². The molecule has 0 bridgehead atoms. The summed E-state index contributed by atoms with van der Waals surface area (Å²) in [6.07, 6.45) is -3.23. The first-order valence-corrected chi connectivity index (χ1v) is 6.53. The summed E-state index contributed by atoms with van der Waals surface area (Å²) >= 11 is 5.63. The lowest BCUT2D eigenvalue weighted by molar-refractivity contribution is -0.159. The molecule has 114 valence electrons. The summed E-state index contributed by atoms with van der Waals surface area (Å²) in [7, 11) is 0. The summed E-state index contributed by atoms with van der Waals surface area (Å²) in [4.78, 5) is 7.45. The van der Waals surface area contributed by atoms with Gasteiger partial charge in [0, 0.05) is 11.1 Å². The predicted octanol–water partition coefficient (Wildman–Crippen LogP) is 4.15. The molecule has 3 rings (SSSR count). The molecular formula is C13H7ClF3N3O2. The Labute approximate surface area is 126 Å². The highest BCUT2D eigenvalue weighted by molar-refractivity contribution is 6.16. The number of halogens is 4. The van der Waals surface area contributed by atoms with Crippen LogP contribution in [0.25, 0.3) is 22.8 Å². The molecule has 0 saturated carbocycles. The second-order valence-electron chi connectivity index (χ2n) is 4.28. The lowest BCUT2D eigenvalue weighted by atomic mass is 10.1. The molecule has 0 fully saturated rings. The van der Waals surface area contributed by atoms with Crippen molar-refractivity contribution in [3.05, 3.63) is 42.1 Å². The van der Waals surface area contributed by atoms with Crippen molar-refractivity contribution in [2.75, 3.05) is 0 Å². The highest BCUT2D eigenvalue weighted by Gasteiger charge is 2.38. The molecule has 0 N–H and O–H groups in total. The molecule has 0 radical (unpaired) electrons. The Morgan fingerprint density at radius 3 is 2.27 bits per heavy atom. The quantitative estimate of drug-likeness (QED) is 0.675. The van der Waals surface area contributed by atoms with Crippen LogP contribution in [0.1, 0.15) is 11.6 Å². The van der Waals surface area contributed by atoms with E-state index in [1.807, 2.05) is 0 Å². The maximum Gasteiger partial charge on any atom is 0.471 e. The third-order valence-electron chi connectivity index (χ3n) is 2.75. The highest BCUT2D eigenvalue weighted by Crippen LogP contribution is 2.30. The van der Waals surface area contributed by atoms with Crippen LogP contribution in [0.2, 0.25) is 0 Å². The fourth-order valence-electron chi connectivity index (χ4n) is 1.72. The van der Waals surface area contributed by atoms with Crippen molar-refractivity contribution in [2.45, 2.75) is 12.1 Å². The molecule has 3 aromatic rings. The second kappa shape index (κ2) is 5.45. The maximum absolute atomic E-state index is 12.4. The first-order valence-electron chi connectivity index (χ1n) is 5.99. The summed E-state index contributed by atoms with van der Waals surface area (Å²) in [5, 5.41) is 3.31. The van der Waals surface area contributed by atoms with Crippen LogP contribution in [0.4, 0.5) is 13.2 Å². The van der Waals surface area contributed by atoms with E-state index in [2.05, 4.69) is 19.6 Å². The minimum atomic E-state index is -4.67. The fourth-order valence-corrected chi connectivity index (χ4v) is 1.84. The lowest BCUT2D eigenvalue weighted by Crippen LogP contribution is -2.04. The first-order chi connectivity index (χ1) is 10.5. The molecule has 0 unspecified atom stereocenters. The summed E-state index contributed by atoms with van der Waals surface area (Å²) < 4.78 is 46.7. The average molecular weight is 330 g/mol. The van der Waals surface area contributed by atoms with Crippen LogP contribution >= 0.6 is 11.6 Å². The zero-order valence-electron chi connectivity index (χ0n) is 10.8. The largest absolute Gasteiger partial charge is 0.471 e. The van der Waals surface area contributed by atoms with Gasteiger partial charge in [-0.1, -0.05) is 17.3 Å². The van der Waals surface area contributed by atoms with E-state index < -0.39 is 12.1 Å². The summed E-state index contributed by atoms with van der Waals surface area (Å²) in [6, 6.07) is 6.35. The van der Waals surface area contributed by atoms with Gasteiger partial charge < -0.3 is 8.94 Å². The van der Waals surface area contributed by atoms with Crippen LogP contribution in [0, 0.1) is 0 Å². The SMILES string of the molecule is FC(F)(F)c1nc(-c2ccc(-c3nc(CCl)co3)cc2)no1. The molecule has 0 aliphatic heterocycles. The van der Waals surface area contributed by atoms with E-state index in [0.717, 1.165) is 0 Å². The summed E-state index contributed by atoms with van der Waals surface area (Å²) in [5.41, 5.74) is 1.63. The molecule has 22 heavy (non-hydrogen) atoms. The minimum Gasteiger partial charge on any atom is -0.444 e. The van der Waals surface area contributed by atoms with E-state index in [1.165, 1.54) is 6.26 Å². The van der Waals surface area contributed by atoms with Gasteiger partial charge in [-0.05, 0) is 12.1 Å². The summed E-state index contributed by atoms with van der Waals surface area (Å²) in [5.74, 6) is -0.935.